The average Bonchev–Trinajstić information content (AvgIpc) is 2.35. The number of methoxy groups -OCH3 is 1. The topological polar surface area (TPSA) is 47.3 Å². The van der Waals surface area contributed by atoms with Gasteiger partial charge < -0.3 is 15.8 Å². The van der Waals surface area contributed by atoms with Crippen LogP contribution in [0.5, 0.6) is 5.75 Å². The summed E-state index contributed by atoms with van der Waals surface area (Å²) in [5, 5.41) is 3.31. The van der Waals surface area contributed by atoms with Gasteiger partial charge in [0.1, 0.15) is 5.75 Å². The lowest BCUT2D eigenvalue weighted by Gasteiger charge is -2.19. The van der Waals surface area contributed by atoms with Gasteiger partial charge in [-0.2, -0.15) is 0 Å². The second-order valence-corrected chi connectivity index (χ2v) is 3.44. The van der Waals surface area contributed by atoms with Gasteiger partial charge in [0.05, 0.1) is 7.11 Å². The Bertz CT molecular complexity index is 357. The Morgan fingerprint density at radius 1 is 1.50 bits per heavy atom. The summed E-state index contributed by atoms with van der Waals surface area (Å²) in [5.41, 5.74) is 6.81. The summed E-state index contributed by atoms with van der Waals surface area (Å²) in [6, 6.07) is 7.95. The van der Waals surface area contributed by atoms with E-state index in [-0.39, 0.29) is 6.04 Å². The van der Waals surface area contributed by atoms with Crippen molar-refractivity contribution in [2.24, 2.45) is 5.73 Å². The predicted molar refractivity (Wildman–Crippen MR) is 66.2 cm³/mol. The lowest BCUT2D eigenvalue weighted by Crippen LogP contribution is -2.29. The van der Waals surface area contributed by atoms with Gasteiger partial charge in [-0.3, -0.25) is 0 Å². The third kappa shape index (κ3) is 3.27. The first-order valence-electron chi connectivity index (χ1n) is 5.33. The number of nitrogens with one attached hydrogen (secondary N) is 1. The van der Waals surface area contributed by atoms with Crippen LogP contribution in [0.1, 0.15) is 18.0 Å². The maximum Gasteiger partial charge on any atom is 0.123 e. The van der Waals surface area contributed by atoms with E-state index >= 15 is 0 Å². The third-order valence-corrected chi connectivity index (χ3v) is 2.41. The van der Waals surface area contributed by atoms with Gasteiger partial charge in [-0.1, -0.05) is 18.2 Å². The summed E-state index contributed by atoms with van der Waals surface area (Å²) in [5.74, 6) is 3.45. The summed E-state index contributed by atoms with van der Waals surface area (Å²) in [7, 11) is 1.66. The van der Waals surface area contributed by atoms with Crippen LogP contribution in [0.3, 0.4) is 0 Å². The number of rotatable bonds is 6. The third-order valence-electron chi connectivity index (χ3n) is 2.41. The van der Waals surface area contributed by atoms with E-state index in [4.69, 9.17) is 16.9 Å². The van der Waals surface area contributed by atoms with Crippen molar-refractivity contribution in [3.8, 4) is 18.1 Å². The molecule has 0 bridgehead atoms. The highest BCUT2D eigenvalue weighted by Crippen LogP contribution is 2.23. The van der Waals surface area contributed by atoms with Gasteiger partial charge in [-0.15, -0.1) is 12.3 Å². The first kappa shape index (κ1) is 12.6. The van der Waals surface area contributed by atoms with E-state index in [9.17, 15) is 0 Å². The number of para-hydroxylation sites is 1. The monoisotopic (exact) mass is 218 g/mol. The molecule has 3 nitrogen and oxygen atoms in total. The molecule has 0 amide bonds. The standard InChI is InChI=1S/C13H18N2O/c1-3-4-9-15-12(10-14)11-7-5-6-8-13(11)16-2/h1,5-8,12,15H,4,9-10,14H2,2H3. The molecule has 0 aliphatic carbocycles. The predicted octanol–water partition coefficient (Wildman–Crippen LogP) is 1.31. The Morgan fingerprint density at radius 2 is 2.25 bits per heavy atom. The highest BCUT2D eigenvalue weighted by atomic mass is 16.5. The van der Waals surface area contributed by atoms with Crippen molar-refractivity contribution < 1.29 is 4.74 Å². The number of hydrogen-bond donors (Lipinski definition) is 2. The molecule has 0 aliphatic heterocycles. The minimum Gasteiger partial charge on any atom is -0.496 e. The first-order valence-corrected chi connectivity index (χ1v) is 5.33. The fourth-order valence-electron chi connectivity index (χ4n) is 1.59. The van der Waals surface area contributed by atoms with Crippen molar-refractivity contribution in [2.45, 2.75) is 12.5 Å². The molecule has 3 heteroatoms. The average molecular weight is 218 g/mol. The molecule has 0 aromatic heterocycles. The molecule has 16 heavy (non-hydrogen) atoms. The van der Waals surface area contributed by atoms with E-state index in [0.717, 1.165) is 17.9 Å². The zero-order chi connectivity index (χ0) is 11.8. The molecule has 0 saturated heterocycles. The van der Waals surface area contributed by atoms with Gasteiger partial charge in [0.2, 0.25) is 0 Å². The van der Waals surface area contributed by atoms with E-state index in [1.807, 2.05) is 24.3 Å². The summed E-state index contributed by atoms with van der Waals surface area (Å²) in [6.45, 7) is 1.28. The molecular formula is C13H18N2O. The van der Waals surface area contributed by atoms with Crippen molar-refractivity contribution in [1.82, 2.24) is 5.32 Å². The van der Waals surface area contributed by atoms with Crippen molar-refractivity contribution >= 4 is 0 Å². The highest BCUT2D eigenvalue weighted by Gasteiger charge is 2.12. The maximum absolute atomic E-state index is 5.74. The summed E-state index contributed by atoms with van der Waals surface area (Å²) in [6.07, 6.45) is 5.91. The summed E-state index contributed by atoms with van der Waals surface area (Å²) >= 11 is 0. The van der Waals surface area contributed by atoms with Crippen molar-refractivity contribution in [3.63, 3.8) is 0 Å². The van der Waals surface area contributed by atoms with Crippen LogP contribution in [-0.4, -0.2) is 20.2 Å². The van der Waals surface area contributed by atoms with E-state index in [0.29, 0.717) is 13.0 Å². The van der Waals surface area contributed by atoms with Crippen molar-refractivity contribution in [2.75, 3.05) is 20.2 Å². The zero-order valence-corrected chi connectivity index (χ0v) is 9.57. The van der Waals surface area contributed by atoms with Gasteiger partial charge >= 0.3 is 0 Å². The van der Waals surface area contributed by atoms with Crippen LogP contribution in [0.4, 0.5) is 0 Å². The van der Waals surface area contributed by atoms with Crippen LogP contribution >= 0.6 is 0 Å². The van der Waals surface area contributed by atoms with Gasteiger partial charge in [-0.25, -0.2) is 0 Å². The fraction of sp³-hybridized carbons (Fsp3) is 0.385. The fourth-order valence-corrected chi connectivity index (χ4v) is 1.59. The molecule has 0 aliphatic rings. The van der Waals surface area contributed by atoms with E-state index in [1.165, 1.54) is 0 Å². The Balaban J connectivity index is 2.74. The summed E-state index contributed by atoms with van der Waals surface area (Å²) in [4.78, 5) is 0. The number of ether oxygens (including phenoxy) is 1. The molecule has 0 heterocycles. The number of benzene rings is 1. The molecule has 0 spiro atoms. The Kier molecular flexibility index (Phi) is 5.41. The highest BCUT2D eigenvalue weighted by molar-refractivity contribution is 5.36. The minimum atomic E-state index is 0.0875. The van der Waals surface area contributed by atoms with Crippen LogP contribution in [0.15, 0.2) is 24.3 Å². The largest absolute Gasteiger partial charge is 0.496 e. The maximum atomic E-state index is 5.74. The Labute approximate surface area is 97.0 Å². The van der Waals surface area contributed by atoms with Crippen LogP contribution < -0.4 is 15.8 Å². The Hall–Kier alpha value is -1.50. The minimum absolute atomic E-state index is 0.0875. The van der Waals surface area contributed by atoms with Gasteiger partial charge in [0.15, 0.2) is 0 Å². The molecule has 1 unspecified atom stereocenters. The molecule has 1 aromatic rings. The molecule has 86 valence electrons. The lowest BCUT2D eigenvalue weighted by molar-refractivity contribution is 0.400. The number of hydrogen-bond acceptors (Lipinski definition) is 3. The molecule has 0 saturated carbocycles. The van der Waals surface area contributed by atoms with Crippen molar-refractivity contribution in [1.29, 1.82) is 0 Å². The smallest absolute Gasteiger partial charge is 0.123 e. The molecule has 1 rings (SSSR count). The second kappa shape index (κ2) is 6.89. The molecule has 3 N–H and O–H groups in total. The summed E-state index contributed by atoms with van der Waals surface area (Å²) < 4.78 is 5.30. The van der Waals surface area contributed by atoms with Crippen LogP contribution in [0, 0.1) is 12.3 Å². The van der Waals surface area contributed by atoms with Crippen LogP contribution in [-0.2, 0) is 0 Å². The van der Waals surface area contributed by atoms with E-state index < -0.39 is 0 Å². The SMILES string of the molecule is C#CCCNC(CN)c1ccccc1OC. The first-order chi connectivity index (χ1) is 7.83. The molecule has 0 fully saturated rings. The van der Waals surface area contributed by atoms with Gasteiger partial charge in [-0.05, 0) is 6.07 Å². The van der Waals surface area contributed by atoms with Crippen LogP contribution in [0.25, 0.3) is 0 Å². The normalized spacial score (nSPS) is 11.8. The van der Waals surface area contributed by atoms with E-state index in [1.54, 1.807) is 7.11 Å². The molecule has 0 radical (unpaired) electrons. The number of nitrogens with two attached hydrogens (primary N) is 1. The van der Waals surface area contributed by atoms with Gasteiger partial charge in [0, 0.05) is 31.1 Å². The van der Waals surface area contributed by atoms with Gasteiger partial charge in [0.25, 0.3) is 0 Å². The van der Waals surface area contributed by atoms with Crippen LogP contribution in [0.2, 0.25) is 0 Å². The molecular weight excluding hydrogens is 200 g/mol. The lowest BCUT2D eigenvalue weighted by atomic mass is 10.1. The Morgan fingerprint density at radius 3 is 2.88 bits per heavy atom. The quantitative estimate of drug-likeness (QED) is 0.559. The van der Waals surface area contributed by atoms with Crippen molar-refractivity contribution in [3.05, 3.63) is 29.8 Å². The number of terminal acetylenes is 1. The zero-order valence-electron chi connectivity index (χ0n) is 9.57. The second-order valence-electron chi connectivity index (χ2n) is 3.44. The molecule has 1 atom stereocenters. The van der Waals surface area contributed by atoms with E-state index in [2.05, 4.69) is 11.2 Å². The molecule has 1 aromatic carbocycles.